The topological polar surface area (TPSA) is 64.3 Å². The van der Waals surface area contributed by atoms with Crippen molar-refractivity contribution in [3.8, 4) is 17.1 Å². The molecule has 1 aromatic carbocycles. The van der Waals surface area contributed by atoms with Gasteiger partial charge in [-0.1, -0.05) is 0 Å². The van der Waals surface area contributed by atoms with Crippen LogP contribution in [-0.2, 0) is 6.42 Å². The van der Waals surface area contributed by atoms with Crippen molar-refractivity contribution in [2.75, 3.05) is 12.4 Å². The van der Waals surface area contributed by atoms with Gasteiger partial charge in [0.05, 0.1) is 24.9 Å². The smallest absolute Gasteiger partial charge is 0.394 e. The molecule has 10 heteroatoms. The molecule has 0 unspecified atom stereocenters. The van der Waals surface area contributed by atoms with E-state index in [1.54, 1.807) is 36.9 Å². The van der Waals surface area contributed by atoms with Crippen LogP contribution in [0.15, 0.2) is 48.1 Å². The van der Waals surface area contributed by atoms with Crippen LogP contribution in [0.5, 0.6) is 5.75 Å². The fraction of sp³-hybridized carbons (Fsp3) is 0.167. The summed E-state index contributed by atoms with van der Waals surface area (Å²) in [6.07, 6.45) is -2.42. The first-order valence-corrected chi connectivity index (χ1v) is 9.06. The molecule has 3 aromatic heterocycles. The Hall–Kier alpha value is -3.14. The Morgan fingerprint density at radius 2 is 1.96 bits per heavy atom. The summed E-state index contributed by atoms with van der Waals surface area (Å²) in [4.78, 5) is 12.5. The molecule has 6 nitrogen and oxygen atoms in total. The predicted molar refractivity (Wildman–Crippen MR) is 100 cm³/mol. The fourth-order valence-corrected chi connectivity index (χ4v) is 3.47. The number of hydrogen-bond acceptors (Lipinski definition) is 6. The Kier molecular flexibility index (Phi) is 4.63. The number of thiazole rings is 1. The summed E-state index contributed by atoms with van der Waals surface area (Å²) >= 11 is 1.29. The van der Waals surface area contributed by atoms with Crippen molar-refractivity contribution >= 4 is 27.9 Å². The van der Waals surface area contributed by atoms with Crippen molar-refractivity contribution < 1.29 is 17.9 Å². The van der Waals surface area contributed by atoms with Crippen LogP contribution in [0.3, 0.4) is 0 Å². The molecular formula is C18H14F3N5OS. The first-order valence-electron chi connectivity index (χ1n) is 8.18. The third kappa shape index (κ3) is 3.77. The lowest BCUT2D eigenvalue weighted by atomic mass is 10.2. The highest BCUT2D eigenvalue weighted by molar-refractivity contribution is 7.14. The lowest BCUT2D eigenvalue weighted by Crippen LogP contribution is -2.12. The van der Waals surface area contributed by atoms with Gasteiger partial charge >= 0.3 is 6.18 Å². The van der Waals surface area contributed by atoms with E-state index in [9.17, 15) is 13.2 Å². The Morgan fingerprint density at radius 3 is 2.68 bits per heavy atom. The van der Waals surface area contributed by atoms with Crippen molar-refractivity contribution in [3.63, 3.8) is 0 Å². The van der Waals surface area contributed by atoms with Crippen molar-refractivity contribution in [2.24, 2.45) is 0 Å². The molecule has 3 heterocycles. The van der Waals surface area contributed by atoms with Gasteiger partial charge in [0.15, 0.2) is 5.13 Å². The summed E-state index contributed by atoms with van der Waals surface area (Å²) in [5.41, 5.74) is 1.38. The minimum absolute atomic E-state index is 0.104. The molecule has 0 aliphatic heterocycles. The lowest BCUT2D eigenvalue weighted by Gasteiger charge is -2.06. The van der Waals surface area contributed by atoms with E-state index in [1.165, 1.54) is 21.9 Å². The second kappa shape index (κ2) is 7.12. The van der Waals surface area contributed by atoms with Crippen LogP contribution in [0.2, 0.25) is 0 Å². The number of hydrogen-bond donors (Lipinski definition) is 1. The minimum Gasteiger partial charge on any atom is -0.497 e. The Bertz CT molecular complexity index is 1100. The number of halogens is 3. The number of alkyl halides is 3. The van der Waals surface area contributed by atoms with Gasteiger partial charge in [-0.15, -0.1) is 11.3 Å². The van der Waals surface area contributed by atoms with Gasteiger partial charge in [-0.3, -0.25) is 4.40 Å². The molecule has 0 amide bonds. The molecule has 28 heavy (non-hydrogen) atoms. The predicted octanol–water partition coefficient (Wildman–Crippen LogP) is 4.71. The SMILES string of the molecule is COc1ccc(Nc2nc(-c3c(CC(F)(F)F)nc4ncccn34)cs2)cc1. The average Bonchev–Trinajstić information content (AvgIpc) is 3.24. The van der Waals surface area contributed by atoms with Gasteiger partial charge < -0.3 is 10.1 Å². The molecule has 1 N–H and O–H groups in total. The number of imidazole rings is 1. The lowest BCUT2D eigenvalue weighted by molar-refractivity contribution is -0.127. The zero-order valence-corrected chi connectivity index (χ0v) is 15.4. The van der Waals surface area contributed by atoms with Gasteiger partial charge in [0.25, 0.3) is 0 Å². The number of methoxy groups -OCH3 is 1. The second-order valence-corrected chi connectivity index (χ2v) is 6.74. The third-order valence-electron chi connectivity index (χ3n) is 3.93. The molecule has 0 saturated heterocycles. The first kappa shape index (κ1) is 18.2. The molecule has 0 fully saturated rings. The average molecular weight is 405 g/mol. The summed E-state index contributed by atoms with van der Waals surface area (Å²) in [5.74, 6) is 0.926. The van der Waals surface area contributed by atoms with Crippen molar-refractivity contribution in [1.82, 2.24) is 19.4 Å². The monoisotopic (exact) mass is 405 g/mol. The van der Waals surface area contributed by atoms with Gasteiger partial charge in [-0.2, -0.15) is 13.2 Å². The third-order valence-corrected chi connectivity index (χ3v) is 4.69. The molecule has 0 spiro atoms. The van der Waals surface area contributed by atoms with E-state index < -0.39 is 12.6 Å². The number of ether oxygens (including phenoxy) is 1. The zero-order chi connectivity index (χ0) is 19.7. The number of anilines is 2. The summed E-state index contributed by atoms with van der Waals surface area (Å²) in [7, 11) is 1.58. The zero-order valence-electron chi connectivity index (χ0n) is 14.6. The summed E-state index contributed by atoms with van der Waals surface area (Å²) in [6.45, 7) is 0. The number of nitrogens with one attached hydrogen (secondary N) is 1. The van der Waals surface area contributed by atoms with E-state index in [-0.39, 0.29) is 11.5 Å². The van der Waals surface area contributed by atoms with E-state index in [0.717, 1.165) is 11.4 Å². The van der Waals surface area contributed by atoms with E-state index in [1.807, 2.05) is 12.1 Å². The maximum atomic E-state index is 13.0. The Labute approximate surface area is 161 Å². The van der Waals surface area contributed by atoms with Crippen molar-refractivity contribution in [3.05, 3.63) is 53.8 Å². The van der Waals surface area contributed by atoms with E-state index >= 15 is 0 Å². The molecule has 4 aromatic rings. The fourth-order valence-electron chi connectivity index (χ4n) is 2.76. The molecule has 0 aliphatic carbocycles. The van der Waals surface area contributed by atoms with Crippen LogP contribution in [0.1, 0.15) is 5.69 Å². The highest BCUT2D eigenvalue weighted by atomic mass is 32.1. The van der Waals surface area contributed by atoms with E-state index in [0.29, 0.717) is 16.5 Å². The number of aromatic nitrogens is 4. The second-order valence-electron chi connectivity index (χ2n) is 5.88. The van der Waals surface area contributed by atoms with Crippen LogP contribution >= 0.6 is 11.3 Å². The molecule has 4 rings (SSSR count). The van der Waals surface area contributed by atoms with Gasteiger partial charge in [-0.05, 0) is 30.3 Å². The van der Waals surface area contributed by atoms with Crippen molar-refractivity contribution in [1.29, 1.82) is 0 Å². The van der Waals surface area contributed by atoms with Crippen LogP contribution in [0.4, 0.5) is 24.0 Å². The van der Waals surface area contributed by atoms with Crippen LogP contribution in [0, 0.1) is 0 Å². The van der Waals surface area contributed by atoms with Gasteiger partial charge in [0.1, 0.15) is 11.4 Å². The number of nitrogens with zero attached hydrogens (tertiary/aromatic N) is 4. The quantitative estimate of drug-likeness (QED) is 0.521. The van der Waals surface area contributed by atoms with Gasteiger partial charge in [-0.25, -0.2) is 15.0 Å². The molecule has 144 valence electrons. The normalized spacial score (nSPS) is 11.7. The standard InChI is InChI=1S/C18H14F3N5OS/c1-27-12-5-3-11(4-6-12)23-17-25-14(10-28-17)15-13(9-18(19,20)21)24-16-22-7-2-8-26(15)16/h2-8,10H,9H2,1H3,(H,23,25). The Balaban J connectivity index is 1.69. The first-order chi connectivity index (χ1) is 13.4. The number of rotatable bonds is 5. The Morgan fingerprint density at radius 1 is 1.18 bits per heavy atom. The molecule has 0 saturated carbocycles. The molecule has 0 atom stereocenters. The van der Waals surface area contributed by atoms with Gasteiger partial charge in [0, 0.05) is 23.5 Å². The van der Waals surface area contributed by atoms with E-state index in [4.69, 9.17) is 4.74 Å². The largest absolute Gasteiger partial charge is 0.497 e. The van der Waals surface area contributed by atoms with Crippen LogP contribution < -0.4 is 10.1 Å². The number of benzene rings is 1. The minimum atomic E-state index is -4.38. The van der Waals surface area contributed by atoms with Crippen LogP contribution in [0.25, 0.3) is 17.2 Å². The number of fused-ring (bicyclic) bond motifs is 1. The molecule has 0 bridgehead atoms. The maximum Gasteiger partial charge on any atom is 0.394 e. The van der Waals surface area contributed by atoms with E-state index in [2.05, 4.69) is 20.3 Å². The highest BCUT2D eigenvalue weighted by Gasteiger charge is 2.32. The summed E-state index contributed by atoms with van der Waals surface area (Å²) in [6, 6.07) is 8.89. The maximum absolute atomic E-state index is 13.0. The molecule has 0 radical (unpaired) electrons. The summed E-state index contributed by atoms with van der Waals surface area (Å²) < 4.78 is 45.7. The molecular weight excluding hydrogens is 391 g/mol. The van der Waals surface area contributed by atoms with Gasteiger partial charge in [0.2, 0.25) is 5.78 Å². The molecule has 0 aliphatic rings. The highest BCUT2D eigenvalue weighted by Crippen LogP contribution is 2.33. The van der Waals surface area contributed by atoms with Crippen molar-refractivity contribution in [2.45, 2.75) is 12.6 Å². The van der Waals surface area contributed by atoms with Crippen LogP contribution in [-0.4, -0.2) is 32.6 Å². The summed E-state index contributed by atoms with van der Waals surface area (Å²) in [5, 5.41) is 5.39.